The summed E-state index contributed by atoms with van der Waals surface area (Å²) >= 11 is 5.51. The molecule has 0 heterocycles. The number of alkyl halides is 1. The maximum absolute atomic E-state index is 8.90. The molecule has 1 unspecified atom stereocenters. The minimum absolute atomic E-state index is 0.130. The molecule has 1 atom stereocenters. The second kappa shape index (κ2) is 4.75. The molecule has 10 heavy (non-hydrogen) atoms. The van der Waals surface area contributed by atoms with Crippen molar-refractivity contribution in [3.63, 3.8) is 0 Å². The first-order valence-electron chi connectivity index (χ1n) is 3.49. The highest BCUT2D eigenvalue weighted by atomic mass is 35.5. The molecule has 0 saturated heterocycles. The van der Waals surface area contributed by atoms with E-state index in [0.29, 0.717) is 5.88 Å². The lowest BCUT2D eigenvalue weighted by Gasteiger charge is -2.21. The summed E-state index contributed by atoms with van der Waals surface area (Å²) in [6.45, 7) is 5.79. The van der Waals surface area contributed by atoms with Crippen molar-refractivity contribution in [1.82, 2.24) is 0 Å². The van der Waals surface area contributed by atoms with Crippen molar-refractivity contribution in [2.75, 3.05) is 12.5 Å². The monoisotopic (exact) mass is 162 g/mol. The van der Waals surface area contributed by atoms with Gasteiger partial charge in [-0.2, -0.15) is 0 Å². The average Bonchev–Trinajstić information content (AvgIpc) is 2.00. The highest BCUT2D eigenvalue weighted by molar-refractivity contribution is 6.17. The molecule has 0 saturated carbocycles. The fourth-order valence-electron chi connectivity index (χ4n) is 0.716. The summed E-state index contributed by atoms with van der Waals surface area (Å²) in [6, 6.07) is 0. The van der Waals surface area contributed by atoms with Crippen molar-refractivity contribution < 1.29 is 5.11 Å². The van der Waals surface area contributed by atoms with Crippen LogP contribution < -0.4 is 0 Å². The van der Waals surface area contributed by atoms with E-state index in [4.69, 9.17) is 16.7 Å². The first kappa shape index (κ1) is 9.99. The van der Waals surface area contributed by atoms with E-state index in [0.717, 1.165) is 12.8 Å². The maximum atomic E-state index is 8.90. The smallest absolute Gasteiger partial charge is 0.0519 e. The maximum Gasteiger partial charge on any atom is 0.0519 e. The van der Waals surface area contributed by atoms with Crippen LogP contribution in [0.3, 0.4) is 0 Å². The van der Waals surface area contributed by atoms with Gasteiger partial charge in [-0.15, -0.1) is 18.2 Å². The molecule has 0 rings (SSSR count). The van der Waals surface area contributed by atoms with E-state index in [9.17, 15) is 0 Å². The Labute approximate surface area is 67.7 Å². The van der Waals surface area contributed by atoms with Crippen LogP contribution >= 0.6 is 11.6 Å². The van der Waals surface area contributed by atoms with E-state index in [1.54, 1.807) is 6.08 Å². The van der Waals surface area contributed by atoms with Crippen LogP contribution in [0.4, 0.5) is 0 Å². The van der Waals surface area contributed by atoms with Crippen LogP contribution in [0.2, 0.25) is 0 Å². The summed E-state index contributed by atoms with van der Waals surface area (Å²) in [5.41, 5.74) is -0.130. The molecule has 1 nitrogen and oxygen atoms in total. The Hall–Kier alpha value is -0.0100. The Morgan fingerprint density at radius 3 is 2.60 bits per heavy atom. The molecular weight excluding hydrogens is 148 g/mol. The molecule has 1 N–H and O–H groups in total. The molecule has 0 aliphatic heterocycles. The van der Waals surface area contributed by atoms with Crippen LogP contribution in [0.5, 0.6) is 0 Å². The molecule has 60 valence electrons. The lowest BCUT2D eigenvalue weighted by molar-refractivity contribution is 0.175. The predicted octanol–water partition coefficient (Wildman–Crippen LogP) is 2.19. The van der Waals surface area contributed by atoms with Gasteiger partial charge < -0.3 is 5.11 Å². The summed E-state index contributed by atoms with van der Waals surface area (Å²) in [7, 11) is 0. The minimum atomic E-state index is -0.130. The van der Waals surface area contributed by atoms with Gasteiger partial charge >= 0.3 is 0 Å². The third-order valence-electron chi connectivity index (χ3n) is 1.74. The van der Waals surface area contributed by atoms with Gasteiger partial charge in [-0.05, 0) is 12.8 Å². The zero-order chi connectivity index (χ0) is 8.04. The van der Waals surface area contributed by atoms with E-state index < -0.39 is 0 Å². The summed E-state index contributed by atoms with van der Waals surface area (Å²) in [6.07, 6.45) is 3.64. The van der Waals surface area contributed by atoms with Crippen molar-refractivity contribution in [2.45, 2.75) is 19.8 Å². The predicted molar refractivity (Wildman–Crippen MR) is 45.3 cm³/mol. The molecular formula is C8H15ClO. The molecule has 0 bridgehead atoms. The quantitative estimate of drug-likeness (QED) is 0.486. The normalized spacial score (nSPS) is 16.3. The minimum Gasteiger partial charge on any atom is -0.395 e. The van der Waals surface area contributed by atoms with Gasteiger partial charge in [-0.25, -0.2) is 0 Å². The van der Waals surface area contributed by atoms with Crippen LogP contribution in [-0.2, 0) is 0 Å². The molecule has 0 fully saturated rings. The van der Waals surface area contributed by atoms with Gasteiger partial charge in [0.1, 0.15) is 0 Å². The largest absolute Gasteiger partial charge is 0.395 e. The second-order valence-electron chi connectivity index (χ2n) is 2.81. The topological polar surface area (TPSA) is 20.2 Å². The van der Waals surface area contributed by atoms with E-state index in [-0.39, 0.29) is 12.0 Å². The standard InChI is InChI=1S/C8H15ClO/c1-3-8(2,7-10)5-4-6-9/h3,10H,1,4-7H2,2H3. The van der Waals surface area contributed by atoms with E-state index in [2.05, 4.69) is 6.58 Å². The van der Waals surface area contributed by atoms with Gasteiger partial charge in [0.2, 0.25) is 0 Å². The number of rotatable bonds is 5. The molecule has 0 radical (unpaired) electrons. The van der Waals surface area contributed by atoms with Crippen molar-refractivity contribution >= 4 is 11.6 Å². The van der Waals surface area contributed by atoms with Crippen LogP contribution in [0.15, 0.2) is 12.7 Å². The fourth-order valence-corrected chi connectivity index (χ4v) is 0.850. The van der Waals surface area contributed by atoms with Crippen molar-refractivity contribution in [3.05, 3.63) is 12.7 Å². The first-order chi connectivity index (χ1) is 4.68. The van der Waals surface area contributed by atoms with Gasteiger partial charge in [0.15, 0.2) is 0 Å². The molecule has 0 amide bonds. The van der Waals surface area contributed by atoms with Gasteiger partial charge in [0, 0.05) is 11.3 Å². The Balaban J connectivity index is 3.68. The lowest BCUT2D eigenvalue weighted by Crippen LogP contribution is -2.17. The van der Waals surface area contributed by atoms with E-state index in [1.165, 1.54) is 0 Å². The summed E-state index contributed by atoms with van der Waals surface area (Å²) in [5, 5.41) is 8.90. The Morgan fingerprint density at radius 2 is 2.30 bits per heavy atom. The third-order valence-corrected chi connectivity index (χ3v) is 2.00. The Bertz CT molecular complexity index is 103. The number of hydrogen-bond acceptors (Lipinski definition) is 1. The zero-order valence-electron chi connectivity index (χ0n) is 6.44. The zero-order valence-corrected chi connectivity index (χ0v) is 7.19. The third kappa shape index (κ3) is 3.23. The van der Waals surface area contributed by atoms with Gasteiger partial charge in [-0.1, -0.05) is 13.0 Å². The number of halogens is 1. The molecule has 0 aromatic carbocycles. The van der Waals surface area contributed by atoms with Crippen LogP contribution in [0.25, 0.3) is 0 Å². The molecule has 2 heteroatoms. The van der Waals surface area contributed by atoms with Gasteiger partial charge in [-0.3, -0.25) is 0 Å². The Morgan fingerprint density at radius 1 is 1.70 bits per heavy atom. The molecule has 0 aliphatic carbocycles. The average molecular weight is 163 g/mol. The van der Waals surface area contributed by atoms with E-state index >= 15 is 0 Å². The summed E-state index contributed by atoms with van der Waals surface area (Å²) in [5.74, 6) is 0.656. The number of hydrogen-bond donors (Lipinski definition) is 1. The van der Waals surface area contributed by atoms with Crippen molar-refractivity contribution in [1.29, 1.82) is 0 Å². The highest BCUT2D eigenvalue weighted by Crippen LogP contribution is 2.23. The molecule has 0 spiro atoms. The molecule has 0 aromatic rings. The second-order valence-corrected chi connectivity index (χ2v) is 3.19. The van der Waals surface area contributed by atoms with Gasteiger partial charge in [0.25, 0.3) is 0 Å². The lowest BCUT2D eigenvalue weighted by atomic mass is 9.87. The van der Waals surface area contributed by atoms with Crippen molar-refractivity contribution in [2.24, 2.45) is 5.41 Å². The number of aliphatic hydroxyl groups excluding tert-OH is 1. The summed E-state index contributed by atoms with van der Waals surface area (Å²) in [4.78, 5) is 0. The molecule has 0 aliphatic rings. The summed E-state index contributed by atoms with van der Waals surface area (Å²) < 4.78 is 0. The van der Waals surface area contributed by atoms with Gasteiger partial charge in [0.05, 0.1) is 6.61 Å². The Kier molecular flexibility index (Phi) is 4.75. The highest BCUT2D eigenvalue weighted by Gasteiger charge is 2.17. The first-order valence-corrected chi connectivity index (χ1v) is 4.02. The molecule has 0 aromatic heterocycles. The van der Waals surface area contributed by atoms with Crippen LogP contribution in [0, 0.1) is 5.41 Å². The van der Waals surface area contributed by atoms with Crippen molar-refractivity contribution in [3.8, 4) is 0 Å². The SMILES string of the molecule is C=CC(C)(CO)CCCCl. The number of aliphatic hydroxyl groups is 1. The van der Waals surface area contributed by atoms with Crippen LogP contribution in [0.1, 0.15) is 19.8 Å². The fraction of sp³-hybridized carbons (Fsp3) is 0.750. The van der Waals surface area contributed by atoms with Crippen LogP contribution in [-0.4, -0.2) is 17.6 Å². The van der Waals surface area contributed by atoms with E-state index in [1.807, 2.05) is 6.92 Å².